The van der Waals surface area contributed by atoms with Gasteiger partial charge in [0.15, 0.2) is 15.0 Å². The molecule has 0 spiro atoms. The van der Waals surface area contributed by atoms with Crippen LogP contribution in [0.5, 0.6) is 0 Å². The lowest BCUT2D eigenvalue weighted by atomic mass is 10.1. The third kappa shape index (κ3) is 5.20. The van der Waals surface area contributed by atoms with Crippen LogP contribution in [0.15, 0.2) is 58.5 Å². The molecule has 1 atom stereocenters. The number of hydrogen-bond acceptors (Lipinski definition) is 6. The minimum Gasteiger partial charge on any atom is -0.338 e. The summed E-state index contributed by atoms with van der Waals surface area (Å²) in [6.45, 7) is 6.45. The van der Waals surface area contributed by atoms with Crippen LogP contribution in [0.2, 0.25) is 0 Å². The van der Waals surface area contributed by atoms with Crippen molar-refractivity contribution in [2.75, 3.05) is 23.8 Å². The summed E-state index contributed by atoms with van der Waals surface area (Å²) >= 11 is 1.21. The minimum atomic E-state index is -3.11. The lowest BCUT2D eigenvalue weighted by Gasteiger charge is -2.30. The van der Waals surface area contributed by atoms with Crippen LogP contribution in [-0.4, -0.2) is 58.6 Å². The molecule has 0 saturated carbocycles. The zero-order valence-electron chi connectivity index (χ0n) is 19.6. The molecule has 0 N–H and O–H groups in total. The molecule has 1 saturated heterocycles. The van der Waals surface area contributed by atoms with Gasteiger partial charge in [0.2, 0.25) is 5.91 Å². The lowest BCUT2D eigenvalue weighted by Crippen LogP contribution is -2.44. The van der Waals surface area contributed by atoms with Gasteiger partial charge in [0.05, 0.1) is 33.8 Å². The second-order valence-corrected chi connectivity index (χ2v) is 12.3. The molecule has 2 aromatic carbocycles. The summed E-state index contributed by atoms with van der Waals surface area (Å²) in [5, 5.41) is 0.953. The highest BCUT2D eigenvalue weighted by atomic mass is 32.2. The first kappa shape index (κ1) is 24.5. The predicted octanol–water partition coefficient (Wildman–Crippen LogP) is 3.46. The van der Waals surface area contributed by atoms with E-state index in [1.54, 1.807) is 21.6 Å². The number of carbonyl (C=O) groups excluding carboxylic acids is 1. The fourth-order valence-corrected chi connectivity index (χ4v) is 6.94. The topological polar surface area (TPSA) is 89.3 Å². The van der Waals surface area contributed by atoms with E-state index in [0.717, 1.165) is 11.3 Å². The molecule has 1 unspecified atom stereocenters. The van der Waals surface area contributed by atoms with Gasteiger partial charge in [-0.25, -0.2) is 13.4 Å². The molecule has 9 heteroatoms. The summed E-state index contributed by atoms with van der Waals surface area (Å²) in [5.74, 6) is 0.268. The zero-order chi connectivity index (χ0) is 24.5. The van der Waals surface area contributed by atoms with Gasteiger partial charge in [-0.3, -0.25) is 14.2 Å². The Kier molecular flexibility index (Phi) is 7.14. The minimum absolute atomic E-state index is 0.0122. The maximum Gasteiger partial charge on any atom is 0.266 e. The van der Waals surface area contributed by atoms with Crippen LogP contribution < -0.4 is 5.56 Å². The van der Waals surface area contributed by atoms with E-state index in [4.69, 9.17) is 4.98 Å². The van der Waals surface area contributed by atoms with Crippen molar-refractivity contribution in [3.8, 4) is 5.69 Å². The molecule has 1 fully saturated rings. The molecule has 0 bridgehead atoms. The standard InChI is InChI=1S/C25H29N3O4S2/c1-17(2)14-27(19-12-13-34(31,32)16-19)23(29)15-33-25-26-21-10-6-5-9-20(21)24(30)28(25)22-11-7-4-8-18(22)3/h4-11,17,19H,12-16H2,1-3H3. The third-order valence-corrected chi connectivity index (χ3v) is 8.63. The number of benzene rings is 2. The van der Waals surface area contributed by atoms with Crippen LogP contribution in [0.4, 0.5) is 0 Å². The van der Waals surface area contributed by atoms with E-state index in [1.165, 1.54) is 11.8 Å². The maximum atomic E-state index is 13.5. The van der Waals surface area contributed by atoms with Crippen molar-refractivity contribution < 1.29 is 13.2 Å². The first-order chi connectivity index (χ1) is 16.2. The number of aromatic nitrogens is 2. The number of nitrogens with zero attached hydrogens (tertiary/aromatic N) is 3. The molecule has 34 heavy (non-hydrogen) atoms. The zero-order valence-corrected chi connectivity index (χ0v) is 21.2. The van der Waals surface area contributed by atoms with Gasteiger partial charge in [0, 0.05) is 12.6 Å². The number of hydrogen-bond donors (Lipinski definition) is 0. The monoisotopic (exact) mass is 499 g/mol. The number of aryl methyl sites for hydroxylation is 1. The summed E-state index contributed by atoms with van der Waals surface area (Å²) in [5.41, 5.74) is 2.04. The second-order valence-electron chi connectivity index (χ2n) is 9.12. The fraction of sp³-hybridized carbons (Fsp3) is 0.400. The first-order valence-electron chi connectivity index (χ1n) is 11.4. The molecular formula is C25H29N3O4S2. The Morgan fingerprint density at radius 2 is 1.88 bits per heavy atom. The van der Waals surface area contributed by atoms with E-state index in [-0.39, 0.29) is 40.7 Å². The van der Waals surface area contributed by atoms with Crippen molar-refractivity contribution in [3.05, 3.63) is 64.4 Å². The lowest BCUT2D eigenvalue weighted by molar-refractivity contribution is -0.130. The number of rotatable bonds is 7. The van der Waals surface area contributed by atoms with Crippen molar-refractivity contribution in [1.29, 1.82) is 0 Å². The maximum absolute atomic E-state index is 13.5. The van der Waals surface area contributed by atoms with Gasteiger partial charge >= 0.3 is 0 Å². The summed E-state index contributed by atoms with van der Waals surface area (Å²) in [4.78, 5) is 33.2. The summed E-state index contributed by atoms with van der Waals surface area (Å²) in [6.07, 6.45) is 0.466. The molecule has 7 nitrogen and oxygen atoms in total. The van der Waals surface area contributed by atoms with Crippen LogP contribution in [0, 0.1) is 12.8 Å². The number of fused-ring (bicyclic) bond motifs is 1. The van der Waals surface area contributed by atoms with Gasteiger partial charge in [-0.05, 0) is 43.0 Å². The van der Waals surface area contributed by atoms with E-state index in [0.29, 0.717) is 29.0 Å². The summed E-state index contributed by atoms with van der Waals surface area (Å²) < 4.78 is 25.6. The summed E-state index contributed by atoms with van der Waals surface area (Å²) in [7, 11) is -3.11. The molecule has 0 aliphatic carbocycles. The number of sulfone groups is 1. The van der Waals surface area contributed by atoms with Crippen molar-refractivity contribution in [1.82, 2.24) is 14.5 Å². The quantitative estimate of drug-likeness (QED) is 0.365. The van der Waals surface area contributed by atoms with Gasteiger partial charge in [-0.1, -0.05) is 55.9 Å². The molecule has 3 aromatic rings. The molecular weight excluding hydrogens is 470 g/mol. The Balaban J connectivity index is 1.68. The number of thioether (sulfide) groups is 1. The highest BCUT2D eigenvalue weighted by Crippen LogP contribution is 2.25. The number of amides is 1. The average Bonchev–Trinajstić information content (AvgIpc) is 3.16. The second kappa shape index (κ2) is 9.92. The number of para-hydroxylation sites is 2. The van der Waals surface area contributed by atoms with Crippen LogP contribution in [0.25, 0.3) is 16.6 Å². The van der Waals surface area contributed by atoms with E-state index < -0.39 is 9.84 Å². The molecule has 1 aliphatic rings. The van der Waals surface area contributed by atoms with Gasteiger partial charge in [0.1, 0.15) is 0 Å². The Hall–Kier alpha value is -2.65. The van der Waals surface area contributed by atoms with Crippen LogP contribution in [0.3, 0.4) is 0 Å². The highest BCUT2D eigenvalue weighted by molar-refractivity contribution is 7.99. The van der Waals surface area contributed by atoms with E-state index in [2.05, 4.69) is 0 Å². The first-order valence-corrected chi connectivity index (χ1v) is 14.2. The molecule has 4 rings (SSSR count). The van der Waals surface area contributed by atoms with Gasteiger partial charge < -0.3 is 4.90 Å². The molecule has 1 aliphatic heterocycles. The molecule has 180 valence electrons. The van der Waals surface area contributed by atoms with Crippen molar-refractivity contribution in [3.63, 3.8) is 0 Å². The van der Waals surface area contributed by atoms with E-state index in [1.807, 2.05) is 57.2 Å². The SMILES string of the molecule is Cc1ccccc1-n1c(SCC(=O)N(CC(C)C)C2CCS(=O)(=O)C2)nc2ccccc2c1=O. The van der Waals surface area contributed by atoms with Crippen LogP contribution in [0.1, 0.15) is 25.8 Å². The average molecular weight is 500 g/mol. The van der Waals surface area contributed by atoms with Crippen molar-refractivity contribution in [2.45, 2.75) is 38.4 Å². The highest BCUT2D eigenvalue weighted by Gasteiger charge is 2.35. The number of carbonyl (C=O) groups is 1. The van der Waals surface area contributed by atoms with E-state index >= 15 is 0 Å². The molecule has 0 radical (unpaired) electrons. The van der Waals surface area contributed by atoms with Crippen molar-refractivity contribution in [2.24, 2.45) is 5.92 Å². The van der Waals surface area contributed by atoms with Crippen LogP contribution >= 0.6 is 11.8 Å². The Morgan fingerprint density at radius 3 is 2.56 bits per heavy atom. The predicted molar refractivity (Wildman–Crippen MR) is 136 cm³/mol. The van der Waals surface area contributed by atoms with Gasteiger partial charge in [0.25, 0.3) is 5.56 Å². The molecule has 1 amide bonds. The van der Waals surface area contributed by atoms with Gasteiger partial charge in [-0.2, -0.15) is 0 Å². The Bertz CT molecular complexity index is 1380. The third-order valence-electron chi connectivity index (χ3n) is 5.96. The summed E-state index contributed by atoms with van der Waals surface area (Å²) in [6, 6.07) is 14.5. The van der Waals surface area contributed by atoms with E-state index in [9.17, 15) is 18.0 Å². The normalized spacial score (nSPS) is 17.4. The smallest absolute Gasteiger partial charge is 0.266 e. The largest absolute Gasteiger partial charge is 0.338 e. The Morgan fingerprint density at radius 1 is 1.18 bits per heavy atom. The van der Waals surface area contributed by atoms with Crippen molar-refractivity contribution >= 4 is 38.4 Å². The molecule has 1 aromatic heterocycles. The molecule has 2 heterocycles. The fourth-order valence-electron chi connectivity index (χ4n) is 4.31. The Labute approximate surface area is 204 Å². The van der Waals surface area contributed by atoms with Crippen LogP contribution in [-0.2, 0) is 14.6 Å². The van der Waals surface area contributed by atoms with Gasteiger partial charge in [-0.15, -0.1) is 0 Å².